The van der Waals surface area contributed by atoms with Gasteiger partial charge in [-0.05, 0) is 18.9 Å². The number of hydrogen-bond acceptors (Lipinski definition) is 2. The molecule has 5 heteroatoms. The Labute approximate surface area is 97.6 Å². The Morgan fingerprint density at radius 3 is 2.29 bits per heavy atom. The molecule has 94 valence electrons. The van der Waals surface area contributed by atoms with E-state index in [4.69, 9.17) is 5.73 Å². The molecule has 0 radical (unpaired) electrons. The molecule has 0 spiro atoms. The zero-order chi connectivity index (χ0) is 12.6. The summed E-state index contributed by atoms with van der Waals surface area (Å²) in [6, 6.07) is 0.846. The monoisotopic (exact) mass is 245 g/mol. The van der Waals surface area contributed by atoms with Gasteiger partial charge in [-0.1, -0.05) is 12.8 Å². The molecule has 0 unspecified atom stereocenters. The highest BCUT2D eigenvalue weighted by Crippen LogP contribution is 2.40. The molecule has 1 aliphatic carbocycles. The van der Waals surface area contributed by atoms with Gasteiger partial charge in [-0.25, -0.2) is 8.78 Å². The maximum Gasteiger partial charge on any atom is 0.203 e. The van der Waals surface area contributed by atoms with Gasteiger partial charge in [0.1, 0.15) is 0 Å². The lowest BCUT2D eigenvalue weighted by Crippen LogP contribution is -2.34. The average molecular weight is 245 g/mol. The van der Waals surface area contributed by atoms with Crippen LogP contribution < -0.4 is 10.5 Å². The first kappa shape index (κ1) is 12.2. The van der Waals surface area contributed by atoms with E-state index >= 15 is 0 Å². The number of hydrogen-bond donors (Lipinski definition) is 1. The fourth-order valence-corrected chi connectivity index (χ4v) is 2.40. The van der Waals surface area contributed by atoms with Crippen molar-refractivity contribution < 1.29 is 17.9 Å². The van der Waals surface area contributed by atoms with Crippen LogP contribution in [-0.2, 0) is 5.54 Å². The Morgan fingerprint density at radius 2 is 1.76 bits per heavy atom. The maximum atomic E-state index is 14.0. The molecule has 0 heterocycles. The summed E-state index contributed by atoms with van der Waals surface area (Å²) >= 11 is 0. The zero-order valence-electron chi connectivity index (χ0n) is 9.53. The van der Waals surface area contributed by atoms with Gasteiger partial charge in [0.15, 0.2) is 17.4 Å². The van der Waals surface area contributed by atoms with Crippen LogP contribution in [0.3, 0.4) is 0 Å². The van der Waals surface area contributed by atoms with Crippen LogP contribution in [0, 0.1) is 17.5 Å². The van der Waals surface area contributed by atoms with Gasteiger partial charge in [0.05, 0.1) is 7.11 Å². The molecule has 1 aliphatic rings. The summed E-state index contributed by atoms with van der Waals surface area (Å²) < 4.78 is 45.2. The van der Waals surface area contributed by atoms with Crippen LogP contribution in [0.25, 0.3) is 0 Å². The summed E-state index contributed by atoms with van der Waals surface area (Å²) in [5.41, 5.74) is 5.13. The lowest BCUT2D eigenvalue weighted by molar-refractivity contribution is 0.332. The lowest BCUT2D eigenvalue weighted by Gasteiger charge is -2.25. The summed E-state index contributed by atoms with van der Waals surface area (Å²) in [5.74, 6) is -4.03. The molecule has 0 amide bonds. The first-order valence-electron chi connectivity index (χ1n) is 5.50. The Balaban J connectivity index is 2.58. The summed E-state index contributed by atoms with van der Waals surface area (Å²) in [6.07, 6.45) is 2.85. The van der Waals surface area contributed by atoms with Crippen molar-refractivity contribution in [1.82, 2.24) is 0 Å². The lowest BCUT2D eigenvalue weighted by atomic mass is 9.88. The van der Waals surface area contributed by atoms with Gasteiger partial charge >= 0.3 is 0 Å². The molecule has 1 aromatic carbocycles. The van der Waals surface area contributed by atoms with E-state index in [-0.39, 0.29) is 5.56 Å². The first-order valence-corrected chi connectivity index (χ1v) is 5.50. The van der Waals surface area contributed by atoms with Crippen molar-refractivity contribution in [3.63, 3.8) is 0 Å². The molecule has 17 heavy (non-hydrogen) atoms. The van der Waals surface area contributed by atoms with E-state index in [0.717, 1.165) is 26.0 Å². The number of rotatable bonds is 2. The van der Waals surface area contributed by atoms with E-state index < -0.39 is 28.7 Å². The third-order valence-corrected chi connectivity index (χ3v) is 3.35. The second-order valence-electron chi connectivity index (χ2n) is 4.43. The molecular formula is C12H14F3NO. The molecule has 2 rings (SSSR count). The minimum Gasteiger partial charge on any atom is -0.491 e. The minimum atomic E-state index is -1.31. The zero-order valence-corrected chi connectivity index (χ0v) is 9.53. The number of halogens is 3. The molecule has 2 nitrogen and oxygen atoms in total. The average Bonchev–Trinajstić information content (AvgIpc) is 2.72. The fourth-order valence-electron chi connectivity index (χ4n) is 2.40. The number of methoxy groups -OCH3 is 1. The second kappa shape index (κ2) is 4.22. The van der Waals surface area contributed by atoms with E-state index in [1.54, 1.807) is 0 Å². The molecule has 1 fully saturated rings. The predicted octanol–water partition coefficient (Wildman–Crippen LogP) is 2.84. The van der Waals surface area contributed by atoms with Gasteiger partial charge in [-0.15, -0.1) is 0 Å². The van der Waals surface area contributed by atoms with Gasteiger partial charge < -0.3 is 10.5 Å². The molecule has 0 aromatic heterocycles. The highest BCUT2D eigenvalue weighted by Gasteiger charge is 2.36. The van der Waals surface area contributed by atoms with Crippen molar-refractivity contribution in [3.8, 4) is 5.75 Å². The van der Waals surface area contributed by atoms with Gasteiger partial charge in [0, 0.05) is 11.1 Å². The van der Waals surface area contributed by atoms with Gasteiger partial charge in [-0.3, -0.25) is 0 Å². The Morgan fingerprint density at radius 1 is 1.18 bits per heavy atom. The minimum absolute atomic E-state index is 0.00532. The third kappa shape index (κ3) is 1.88. The summed E-state index contributed by atoms with van der Waals surface area (Å²) in [6.45, 7) is 0. The van der Waals surface area contributed by atoms with Crippen LogP contribution in [0.15, 0.2) is 6.07 Å². The summed E-state index contributed by atoms with van der Waals surface area (Å²) in [4.78, 5) is 0. The van der Waals surface area contributed by atoms with E-state index in [0.29, 0.717) is 12.8 Å². The molecule has 0 aliphatic heterocycles. The molecule has 0 atom stereocenters. The normalized spacial score (nSPS) is 18.4. The number of benzene rings is 1. The quantitative estimate of drug-likeness (QED) is 0.813. The van der Waals surface area contributed by atoms with Crippen LogP contribution >= 0.6 is 0 Å². The molecule has 1 aromatic rings. The fraction of sp³-hybridized carbons (Fsp3) is 0.500. The van der Waals surface area contributed by atoms with Crippen molar-refractivity contribution in [2.75, 3.05) is 7.11 Å². The number of ether oxygens (including phenoxy) is 1. The van der Waals surface area contributed by atoms with Crippen molar-refractivity contribution in [3.05, 3.63) is 29.1 Å². The third-order valence-electron chi connectivity index (χ3n) is 3.35. The molecule has 2 N–H and O–H groups in total. The van der Waals surface area contributed by atoms with Gasteiger partial charge in [-0.2, -0.15) is 4.39 Å². The number of nitrogens with two attached hydrogens (primary N) is 1. The van der Waals surface area contributed by atoms with Crippen LogP contribution in [0.2, 0.25) is 0 Å². The van der Waals surface area contributed by atoms with Crippen LogP contribution in [-0.4, -0.2) is 7.11 Å². The predicted molar refractivity (Wildman–Crippen MR) is 57.2 cm³/mol. The first-order chi connectivity index (χ1) is 7.99. The SMILES string of the molecule is COc1c(F)c(F)cc(C2(N)CCCC2)c1F. The topological polar surface area (TPSA) is 35.2 Å². The largest absolute Gasteiger partial charge is 0.491 e. The highest BCUT2D eigenvalue weighted by molar-refractivity contribution is 5.38. The Kier molecular flexibility index (Phi) is 3.03. The summed E-state index contributed by atoms with van der Waals surface area (Å²) in [7, 11) is 1.10. The second-order valence-corrected chi connectivity index (χ2v) is 4.43. The smallest absolute Gasteiger partial charge is 0.203 e. The van der Waals surface area contributed by atoms with Crippen LogP contribution in [0.4, 0.5) is 13.2 Å². The molecular weight excluding hydrogens is 231 g/mol. The molecule has 0 bridgehead atoms. The van der Waals surface area contributed by atoms with Gasteiger partial charge in [0.25, 0.3) is 0 Å². The van der Waals surface area contributed by atoms with Crippen LogP contribution in [0.5, 0.6) is 5.75 Å². The van der Waals surface area contributed by atoms with E-state index in [1.165, 1.54) is 0 Å². The molecule has 1 saturated carbocycles. The van der Waals surface area contributed by atoms with Crippen molar-refractivity contribution in [2.24, 2.45) is 5.73 Å². The maximum absolute atomic E-state index is 14.0. The van der Waals surface area contributed by atoms with Crippen molar-refractivity contribution in [1.29, 1.82) is 0 Å². The molecule has 0 saturated heterocycles. The van der Waals surface area contributed by atoms with E-state index in [9.17, 15) is 13.2 Å². The standard InChI is InChI=1S/C12H14F3NO/c1-17-11-9(14)7(6-8(13)10(11)15)12(16)4-2-3-5-12/h6H,2-5,16H2,1H3. The highest BCUT2D eigenvalue weighted by atomic mass is 19.2. The van der Waals surface area contributed by atoms with Crippen LogP contribution in [0.1, 0.15) is 31.2 Å². The van der Waals surface area contributed by atoms with Crippen molar-refractivity contribution in [2.45, 2.75) is 31.2 Å². The Hall–Kier alpha value is -1.23. The van der Waals surface area contributed by atoms with E-state index in [2.05, 4.69) is 4.74 Å². The summed E-state index contributed by atoms with van der Waals surface area (Å²) in [5, 5.41) is 0. The van der Waals surface area contributed by atoms with Gasteiger partial charge in [0.2, 0.25) is 5.82 Å². The van der Waals surface area contributed by atoms with Crippen molar-refractivity contribution >= 4 is 0 Å². The van der Waals surface area contributed by atoms with E-state index in [1.807, 2.05) is 0 Å². The Bertz CT molecular complexity index is 442.